The van der Waals surface area contributed by atoms with E-state index >= 15 is 0 Å². The average Bonchev–Trinajstić information content (AvgIpc) is 3.04. The van der Waals surface area contributed by atoms with Crippen molar-refractivity contribution in [2.24, 2.45) is 4.36 Å². The Morgan fingerprint density at radius 1 is 1.18 bits per heavy atom. The summed E-state index contributed by atoms with van der Waals surface area (Å²) in [6.45, 7) is 1.69. The maximum atomic E-state index is 13.7. The fraction of sp³-hybridized carbons (Fsp3) is 0.211. The number of carbonyl (C=O) groups is 1. The molecule has 0 bridgehead atoms. The van der Waals surface area contributed by atoms with Crippen molar-refractivity contribution in [1.82, 2.24) is 10.1 Å². The second-order valence-electron chi connectivity index (χ2n) is 6.34. The smallest absolute Gasteiger partial charge is 0.258 e. The third-order valence-corrected chi connectivity index (χ3v) is 5.26. The van der Waals surface area contributed by atoms with Gasteiger partial charge in [0.15, 0.2) is 0 Å². The van der Waals surface area contributed by atoms with E-state index in [1.807, 2.05) is 0 Å². The quantitative estimate of drug-likeness (QED) is 0.646. The standard InChI is InChI=1S/C19H17F2N3O3S/c1-12-22-19(23-27-12)14-5-3-13(4-6-14)9-18(25)24-28(2,26)11-15-7-8-16(20)10-17(15)21/h3-8,10H,9,11H2,1-2H3. The summed E-state index contributed by atoms with van der Waals surface area (Å²) in [7, 11) is -3.01. The summed E-state index contributed by atoms with van der Waals surface area (Å²) in [6.07, 6.45) is 1.22. The molecule has 1 atom stereocenters. The Hall–Kier alpha value is -2.94. The molecule has 0 aliphatic heterocycles. The number of halogens is 2. The molecule has 146 valence electrons. The Kier molecular flexibility index (Phi) is 5.64. The first-order valence-electron chi connectivity index (χ1n) is 8.28. The molecular weight excluding hydrogens is 388 g/mol. The summed E-state index contributed by atoms with van der Waals surface area (Å²) in [5, 5.41) is 3.81. The van der Waals surface area contributed by atoms with Crippen molar-refractivity contribution >= 4 is 15.6 Å². The maximum Gasteiger partial charge on any atom is 0.258 e. The summed E-state index contributed by atoms with van der Waals surface area (Å²) < 4.78 is 47.9. The van der Waals surface area contributed by atoms with Gasteiger partial charge in [0.2, 0.25) is 11.7 Å². The Labute approximate surface area is 160 Å². The van der Waals surface area contributed by atoms with Gasteiger partial charge in [0.1, 0.15) is 11.6 Å². The summed E-state index contributed by atoms with van der Waals surface area (Å²) in [6, 6.07) is 9.89. The van der Waals surface area contributed by atoms with Crippen LogP contribution in [-0.4, -0.2) is 26.5 Å². The molecule has 0 aliphatic carbocycles. The number of aryl methyl sites for hydroxylation is 1. The maximum absolute atomic E-state index is 13.7. The molecule has 1 heterocycles. The van der Waals surface area contributed by atoms with Gasteiger partial charge in [0.05, 0.1) is 21.9 Å². The van der Waals surface area contributed by atoms with E-state index in [0.717, 1.165) is 11.6 Å². The highest BCUT2D eigenvalue weighted by Gasteiger charge is 2.13. The number of aromatic nitrogens is 2. The number of hydrogen-bond donors (Lipinski definition) is 0. The minimum Gasteiger partial charge on any atom is -0.339 e. The number of rotatable bonds is 5. The Morgan fingerprint density at radius 3 is 2.50 bits per heavy atom. The molecule has 9 heteroatoms. The largest absolute Gasteiger partial charge is 0.339 e. The van der Waals surface area contributed by atoms with Crippen LogP contribution in [0, 0.1) is 18.6 Å². The van der Waals surface area contributed by atoms with Crippen LogP contribution >= 0.6 is 0 Å². The molecule has 0 saturated heterocycles. The molecule has 0 N–H and O–H groups in total. The lowest BCUT2D eigenvalue weighted by atomic mass is 10.1. The first-order chi connectivity index (χ1) is 13.2. The van der Waals surface area contributed by atoms with E-state index in [1.54, 1.807) is 31.2 Å². The fourth-order valence-corrected chi connectivity index (χ4v) is 3.94. The summed E-state index contributed by atoms with van der Waals surface area (Å²) in [5.41, 5.74) is 1.45. The molecule has 3 rings (SSSR count). The first-order valence-corrected chi connectivity index (χ1v) is 10.4. The van der Waals surface area contributed by atoms with Gasteiger partial charge in [0.25, 0.3) is 5.91 Å². The molecule has 0 saturated carbocycles. The van der Waals surface area contributed by atoms with Crippen molar-refractivity contribution in [3.63, 3.8) is 0 Å². The van der Waals surface area contributed by atoms with Gasteiger partial charge in [-0.25, -0.2) is 13.0 Å². The number of benzene rings is 2. The predicted octanol–water partition coefficient (Wildman–Crippen LogP) is 3.69. The molecule has 6 nitrogen and oxygen atoms in total. The highest BCUT2D eigenvalue weighted by atomic mass is 32.2. The molecule has 0 fully saturated rings. The second-order valence-corrected chi connectivity index (χ2v) is 8.73. The van der Waals surface area contributed by atoms with Crippen molar-refractivity contribution in [3.05, 3.63) is 71.1 Å². The number of carbonyl (C=O) groups excluding carboxylic acids is 1. The topological polar surface area (TPSA) is 85.4 Å². The summed E-state index contributed by atoms with van der Waals surface area (Å²) >= 11 is 0. The van der Waals surface area contributed by atoms with Crippen LogP contribution in [-0.2, 0) is 26.7 Å². The lowest BCUT2D eigenvalue weighted by molar-refractivity contribution is -0.117. The molecule has 28 heavy (non-hydrogen) atoms. The van der Waals surface area contributed by atoms with Gasteiger partial charge < -0.3 is 4.52 Å². The van der Waals surface area contributed by atoms with Crippen LogP contribution in [0.1, 0.15) is 17.0 Å². The SMILES string of the molecule is Cc1nc(-c2ccc(CC(=O)N=S(C)(=O)Cc3ccc(F)cc3F)cc2)no1. The van der Waals surface area contributed by atoms with E-state index < -0.39 is 27.3 Å². The van der Waals surface area contributed by atoms with Crippen molar-refractivity contribution in [2.45, 2.75) is 19.1 Å². The van der Waals surface area contributed by atoms with Crippen LogP contribution < -0.4 is 0 Å². The van der Waals surface area contributed by atoms with Gasteiger partial charge in [-0.3, -0.25) is 4.79 Å². The highest BCUT2D eigenvalue weighted by Crippen LogP contribution is 2.17. The number of nitrogens with zero attached hydrogens (tertiary/aromatic N) is 3. The van der Waals surface area contributed by atoms with Crippen LogP contribution in [0.2, 0.25) is 0 Å². The Morgan fingerprint density at radius 2 is 1.89 bits per heavy atom. The van der Waals surface area contributed by atoms with Gasteiger partial charge in [-0.15, -0.1) is 0 Å². The fourth-order valence-electron chi connectivity index (χ4n) is 2.57. The van der Waals surface area contributed by atoms with Crippen molar-refractivity contribution < 1.29 is 22.3 Å². The van der Waals surface area contributed by atoms with Gasteiger partial charge in [-0.1, -0.05) is 35.5 Å². The molecule has 0 spiro atoms. The van der Waals surface area contributed by atoms with Crippen LogP contribution in [0.15, 0.2) is 51.4 Å². The molecule has 1 aromatic heterocycles. The zero-order chi connectivity index (χ0) is 20.3. The lowest BCUT2D eigenvalue weighted by Gasteiger charge is -2.06. The van der Waals surface area contributed by atoms with Crippen LogP contribution in [0.4, 0.5) is 8.78 Å². The van der Waals surface area contributed by atoms with E-state index in [-0.39, 0.29) is 17.7 Å². The Balaban J connectivity index is 1.70. The van der Waals surface area contributed by atoms with Crippen molar-refractivity contribution in [3.8, 4) is 11.4 Å². The number of amides is 1. The molecule has 3 aromatic rings. The second kappa shape index (κ2) is 7.97. The van der Waals surface area contributed by atoms with E-state index in [2.05, 4.69) is 14.5 Å². The first kappa shape index (κ1) is 19.8. The van der Waals surface area contributed by atoms with Crippen molar-refractivity contribution in [1.29, 1.82) is 0 Å². The summed E-state index contributed by atoms with van der Waals surface area (Å²) in [4.78, 5) is 16.3. The van der Waals surface area contributed by atoms with Crippen LogP contribution in [0.3, 0.4) is 0 Å². The minimum absolute atomic E-state index is 0.0465. The molecule has 2 aromatic carbocycles. The van der Waals surface area contributed by atoms with Gasteiger partial charge >= 0.3 is 0 Å². The highest BCUT2D eigenvalue weighted by molar-refractivity contribution is 7.92. The number of hydrogen-bond acceptors (Lipinski definition) is 5. The molecular formula is C19H17F2N3O3S. The molecule has 1 unspecified atom stereocenters. The zero-order valence-electron chi connectivity index (χ0n) is 15.2. The lowest BCUT2D eigenvalue weighted by Crippen LogP contribution is -2.08. The normalized spacial score (nSPS) is 13.1. The minimum atomic E-state index is -3.01. The van der Waals surface area contributed by atoms with E-state index in [4.69, 9.17) is 4.52 Å². The molecule has 1 amide bonds. The van der Waals surface area contributed by atoms with E-state index in [9.17, 15) is 17.8 Å². The third-order valence-electron chi connectivity index (χ3n) is 3.83. The van der Waals surface area contributed by atoms with Crippen LogP contribution in [0.25, 0.3) is 11.4 Å². The van der Waals surface area contributed by atoms with Crippen molar-refractivity contribution in [2.75, 3.05) is 6.26 Å². The zero-order valence-corrected chi connectivity index (χ0v) is 16.0. The summed E-state index contributed by atoms with van der Waals surface area (Å²) in [5.74, 6) is -1.51. The Bertz CT molecular complexity index is 1130. The monoisotopic (exact) mass is 405 g/mol. The van der Waals surface area contributed by atoms with E-state index in [1.165, 1.54) is 12.3 Å². The third kappa shape index (κ3) is 5.07. The average molecular weight is 405 g/mol. The van der Waals surface area contributed by atoms with Gasteiger partial charge in [0, 0.05) is 30.4 Å². The van der Waals surface area contributed by atoms with Gasteiger partial charge in [-0.05, 0) is 11.6 Å². The molecule has 0 aliphatic rings. The van der Waals surface area contributed by atoms with Gasteiger partial charge in [-0.2, -0.15) is 9.35 Å². The van der Waals surface area contributed by atoms with E-state index in [0.29, 0.717) is 23.3 Å². The predicted molar refractivity (Wildman–Crippen MR) is 99.7 cm³/mol. The van der Waals surface area contributed by atoms with Crippen LogP contribution in [0.5, 0.6) is 0 Å². The molecule has 0 radical (unpaired) electrons.